The number of aromatic nitrogens is 2. The van der Waals surface area contributed by atoms with Crippen LogP contribution in [0.5, 0.6) is 0 Å². The van der Waals surface area contributed by atoms with Crippen molar-refractivity contribution in [3.63, 3.8) is 0 Å². The molecule has 0 amide bonds. The summed E-state index contributed by atoms with van der Waals surface area (Å²) in [5.41, 5.74) is 1.26. The van der Waals surface area contributed by atoms with Gasteiger partial charge < -0.3 is 5.21 Å². The van der Waals surface area contributed by atoms with Crippen LogP contribution in [0.15, 0.2) is 63.5 Å². The second-order valence-corrected chi connectivity index (χ2v) is 6.17. The molecule has 1 aromatic heterocycles. The first kappa shape index (κ1) is 13.3. The van der Waals surface area contributed by atoms with Crippen LogP contribution < -0.4 is 4.90 Å². The maximum atomic E-state index is 12.1. The highest BCUT2D eigenvalue weighted by atomic mass is 32.2. The molecule has 3 aromatic rings. The first-order chi connectivity index (χ1) is 10.1. The van der Waals surface area contributed by atoms with Gasteiger partial charge in [0, 0.05) is 16.6 Å². The van der Waals surface area contributed by atoms with Crippen molar-refractivity contribution in [1.29, 1.82) is 0 Å². The number of rotatable bonds is 3. The Morgan fingerprint density at radius 1 is 1.14 bits per heavy atom. The van der Waals surface area contributed by atoms with Crippen molar-refractivity contribution in [1.82, 2.24) is 5.16 Å². The minimum Gasteiger partial charge on any atom is -0.359 e. The molecule has 2 aromatic carbocycles. The Balaban J connectivity index is 1.94. The van der Waals surface area contributed by atoms with Gasteiger partial charge in [0.15, 0.2) is 9.84 Å². The zero-order valence-electron chi connectivity index (χ0n) is 10.7. The van der Waals surface area contributed by atoms with Gasteiger partial charge in [-0.25, -0.2) is 8.42 Å². The summed E-state index contributed by atoms with van der Waals surface area (Å²) in [4.78, 5) is 0.518. The quantitative estimate of drug-likeness (QED) is 0.690. The second kappa shape index (κ2) is 5.02. The van der Waals surface area contributed by atoms with Gasteiger partial charge in [0.1, 0.15) is 0 Å². The molecule has 0 aliphatic carbocycles. The van der Waals surface area contributed by atoms with E-state index in [0.29, 0.717) is 16.0 Å². The monoisotopic (exact) mass is 302 g/mol. The summed E-state index contributed by atoms with van der Waals surface area (Å²) in [5.74, 6) is 0. The summed E-state index contributed by atoms with van der Waals surface area (Å²) in [6, 6.07) is 12.8. The van der Waals surface area contributed by atoms with Gasteiger partial charge in [-0.3, -0.25) is 4.63 Å². The van der Waals surface area contributed by atoms with Gasteiger partial charge in [-0.2, -0.15) is 0 Å². The third-order valence-corrected chi connectivity index (χ3v) is 4.34. The topological polar surface area (TPSA) is 87.1 Å². The zero-order chi connectivity index (χ0) is 14.9. The molecule has 0 spiro atoms. The molecule has 106 valence electrons. The SMILES string of the molecule is O=S(=O)(/C=C/c1ccc2c(c1)no[n+]2[O-])c1ccccc1. The highest BCUT2D eigenvalue weighted by molar-refractivity contribution is 7.94. The Labute approximate surface area is 120 Å². The van der Waals surface area contributed by atoms with E-state index in [0.717, 1.165) is 5.41 Å². The summed E-state index contributed by atoms with van der Waals surface area (Å²) in [6.07, 6.45) is 1.45. The number of benzene rings is 2. The highest BCUT2D eigenvalue weighted by Crippen LogP contribution is 2.15. The van der Waals surface area contributed by atoms with Crippen molar-refractivity contribution in [2.24, 2.45) is 0 Å². The van der Waals surface area contributed by atoms with E-state index in [1.54, 1.807) is 30.3 Å². The van der Waals surface area contributed by atoms with Crippen LogP contribution >= 0.6 is 0 Å². The second-order valence-electron chi connectivity index (χ2n) is 4.34. The van der Waals surface area contributed by atoms with Crippen LogP contribution in [0.3, 0.4) is 0 Å². The number of nitrogens with zero attached hydrogens (tertiary/aromatic N) is 2. The molecular formula is C14H10N2O4S. The van der Waals surface area contributed by atoms with E-state index in [9.17, 15) is 13.6 Å². The van der Waals surface area contributed by atoms with E-state index in [-0.39, 0.29) is 10.4 Å². The summed E-state index contributed by atoms with van der Waals surface area (Å²) >= 11 is 0. The molecule has 0 radical (unpaired) electrons. The summed E-state index contributed by atoms with van der Waals surface area (Å²) in [7, 11) is -3.50. The Hall–Kier alpha value is -2.67. The molecule has 0 N–H and O–H groups in total. The molecule has 0 unspecified atom stereocenters. The lowest BCUT2D eigenvalue weighted by atomic mass is 10.2. The van der Waals surface area contributed by atoms with Crippen LogP contribution in [-0.4, -0.2) is 13.6 Å². The third kappa shape index (κ3) is 2.63. The fourth-order valence-corrected chi connectivity index (χ4v) is 2.88. The predicted octanol–water partition coefficient (Wildman–Crippen LogP) is 1.91. The predicted molar refractivity (Wildman–Crippen MR) is 75.6 cm³/mol. The van der Waals surface area contributed by atoms with Gasteiger partial charge in [0.2, 0.25) is 11.0 Å². The van der Waals surface area contributed by atoms with E-state index in [1.165, 1.54) is 24.3 Å². The normalized spacial score (nSPS) is 12.2. The molecule has 1 heterocycles. The Morgan fingerprint density at radius 2 is 1.90 bits per heavy atom. The molecule has 6 nitrogen and oxygen atoms in total. The average Bonchev–Trinajstić information content (AvgIpc) is 2.87. The van der Waals surface area contributed by atoms with Crippen LogP contribution in [0, 0.1) is 5.21 Å². The summed E-state index contributed by atoms with van der Waals surface area (Å²) < 4.78 is 28.6. The Kier molecular flexibility index (Phi) is 3.19. The number of fused-ring (bicyclic) bond motifs is 1. The summed E-state index contributed by atoms with van der Waals surface area (Å²) in [6.45, 7) is 0. The zero-order valence-corrected chi connectivity index (χ0v) is 11.5. The molecule has 0 aliphatic heterocycles. The van der Waals surface area contributed by atoms with Crippen LogP contribution in [0.2, 0.25) is 0 Å². The van der Waals surface area contributed by atoms with Crippen molar-refractivity contribution >= 4 is 26.9 Å². The molecule has 3 rings (SSSR count). The minimum absolute atomic E-state index is 0.223. The first-order valence-corrected chi connectivity index (χ1v) is 7.59. The molecule has 0 saturated heterocycles. The van der Waals surface area contributed by atoms with Gasteiger partial charge in [0.25, 0.3) is 0 Å². The maximum absolute atomic E-state index is 12.1. The van der Waals surface area contributed by atoms with Crippen molar-refractivity contribution in [3.8, 4) is 0 Å². The average molecular weight is 302 g/mol. The van der Waals surface area contributed by atoms with Gasteiger partial charge in [-0.1, -0.05) is 24.3 Å². The molecule has 0 saturated carbocycles. The fourth-order valence-electron chi connectivity index (χ4n) is 1.85. The fraction of sp³-hybridized carbons (Fsp3) is 0. The van der Waals surface area contributed by atoms with Crippen molar-refractivity contribution in [2.45, 2.75) is 4.90 Å². The van der Waals surface area contributed by atoms with Crippen molar-refractivity contribution < 1.29 is 17.9 Å². The standard InChI is InChI=1S/C14H10N2O4S/c17-16-14-7-6-11(10-13(14)15-20-16)8-9-21(18,19)12-4-2-1-3-5-12/h1-10H/b9-8+. The number of hydrogen-bond donors (Lipinski definition) is 0. The van der Waals surface area contributed by atoms with Gasteiger partial charge in [-0.05, 0) is 34.7 Å². The molecule has 0 atom stereocenters. The first-order valence-electron chi connectivity index (χ1n) is 6.04. The number of hydrogen-bond acceptors (Lipinski definition) is 5. The lowest BCUT2D eigenvalue weighted by Gasteiger charge is -1.97. The van der Waals surface area contributed by atoms with E-state index in [2.05, 4.69) is 9.79 Å². The highest BCUT2D eigenvalue weighted by Gasteiger charge is 2.11. The molecular weight excluding hydrogens is 292 g/mol. The minimum atomic E-state index is -3.50. The lowest BCUT2D eigenvalue weighted by Crippen LogP contribution is -2.22. The Morgan fingerprint density at radius 3 is 2.67 bits per heavy atom. The third-order valence-electron chi connectivity index (χ3n) is 2.92. The lowest BCUT2D eigenvalue weighted by molar-refractivity contribution is -0.782. The Bertz CT molecular complexity index is 915. The van der Waals surface area contributed by atoms with Crippen molar-refractivity contribution in [3.05, 3.63) is 64.7 Å². The van der Waals surface area contributed by atoms with E-state index < -0.39 is 9.84 Å². The maximum Gasteiger partial charge on any atom is 0.249 e. The molecule has 0 bridgehead atoms. The van der Waals surface area contributed by atoms with Crippen LogP contribution in [-0.2, 0) is 9.84 Å². The van der Waals surface area contributed by atoms with Crippen LogP contribution in [0.4, 0.5) is 0 Å². The molecule has 0 fully saturated rings. The van der Waals surface area contributed by atoms with Gasteiger partial charge >= 0.3 is 0 Å². The molecule has 7 heteroatoms. The summed E-state index contributed by atoms with van der Waals surface area (Å²) in [5, 5.41) is 15.9. The van der Waals surface area contributed by atoms with E-state index >= 15 is 0 Å². The molecule has 0 aliphatic rings. The van der Waals surface area contributed by atoms with Crippen LogP contribution in [0.25, 0.3) is 17.1 Å². The van der Waals surface area contributed by atoms with E-state index in [4.69, 9.17) is 0 Å². The molecule has 21 heavy (non-hydrogen) atoms. The van der Waals surface area contributed by atoms with Crippen molar-refractivity contribution in [2.75, 3.05) is 0 Å². The van der Waals surface area contributed by atoms with E-state index in [1.807, 2.05) is 0 Å². The largest absolute Gasteiger partial charge is 0.359 e. The van der Waals surface area contributed by atoms with Gasteiger partial charge in [0.05, 0.1) is 4.90 Å². The van der Waals surface area contributed by atoms with Crippen LogP contribution in [0.1, 0.15) is 5.56 Å². The smallest absolute Gasteiger partial charge is 0.249 e. The van der Waals surface area contributed by atoms with Gasteiger partial charge in [-0.15, -0.1) is 0 Å². The number of sulfone groups is 1.